The molecule has 112 valence electrons. The Morgan fingerprint density at radius 2 is 1.76 bits per heavy atom. The number of hydrogen-bond donors (Lipinski definition) is 1. The summed E-state index contributed by atoms with van der Waals surface area (Å²) in [5.74, 6) is 0. The molecular formula is C14H14Cl2N2O2S. The van der Waals surface area contributed by atoms with Crippen molar-refractivity contribution in [1.29, 1.82) is 0 Å². The van der Waals surface area contributed by atoms with Crippen molar-refractivity contribution in [1.82, 2.24) is 4.31 Å². The van der Waals surface area contributed by atoms with Gasteiger partial charge in [-0.15, -0.1) is 0 Å². The Kier molecular flexibility index (Phi) is 4.78. The number of anilines is 1. The van der Waals surface area contributed by atoms with E-state index in [2.05, 4.69) is 0 Å². The van der Waals surface area contributed by atoms with E-state index in [1.165, 1.54) is 29.6 Å². The molecule has 0 bridgehead atoms. The van der Waals surface area contributed by atoms with E-state index in [1.54, 1.807) is 18.2 Å². The van der Waals surface area contributed by atoms with Gasteiger partial charge in [0, 0.05) is 18.6 Å². The molecule has 0 radical (unpaired) electrons. The van der Waals surface area contributed by atoms with Gasteiger partial charge < -0.3 is 5.73 Å². The van der Waals surface area contributed by atoms with Crippen LogP contribution in [0.3, 0.4) is 0 Å². The molecule has 2 aromatic rings. The highest BCUT2D eigenvalue weighted by atomic mass is 35.5. The average Bonchev–Trinajstić information content (AvgIpc) is 2.44. The van der Waals surface area contributed by atoms with Crippen molar-refractivity contribution in [2.45, 2.75) is 11.4 Å². The van der Waals surface area contributed by atoms with Crippen LogP contribution in [0.2, 0.25) is 10.0 Å². The van der Waals surface area contributed by atoms with Crippen molar-refractivity contribution in [3.8, 4) is 0 Å². The van der Waals surface area contributed by atoms with E-state index in [4.69, 9.17) is 28.9 Å². The molecule has 0 atom stereocenters. The van der Waals surface area contributed by atoms with Gasteiger partial charge in [-0.1, -0.05) is 41.4 Å². The third-order valence-corrected chi connectivity index (χ3v) is 5.53. The van der Waals surface area contributed by atoms with E-state index in [0.29, 0.717) is 10.7 Å². The van der Waals surface area contributed by atoms with Gasteiger partial charge in [-0.2, -0.15) is 4.31 Å². The molecule has 0 amide bonds. The molecule has 0 saturated heterocycles. The minimum atomic E-state index is -3.66. The van der Waals surface area contributed by atoms with Gasteiger partial charge in [-0.3, -0.25) is 0 Å². The standard InChI is InChI=1S/C14H14Cl2N2O2S/c1-18(9-10-4-2-3-5-12(10)15)21(19,20)11-6-7-14(17)13(16)8-11/h2-8H,9,17H2,1H3. The molecule has 0 aliphatic heterocycles. The summed E-state index contributed by atoms with van der Waals surface area (Å²) in [6, 6.07) is 11.3. The quantitative estimate of drug-likeness (QED) is 0.864. The van der Waals surface area contributed by atoms with Gasteiger partial charge in [-0.05, 0) is 29.8 Å². The Morgan fingerprint density at radius 3 is 2.38 bits per heavy atom. The van der Waals surface area contributed by atoms with Crippen molar-refractivity contribution >= 4 is 38.9 Å². The van der Waals surface area contributed by atoms with Gasteiger partial charge in [0.05, 0.1) is 15.6 Å². The zero-order valence-corrected chi connectivity index (χ0v) is 13.6. The second-order valence-electron chi connectivity index (χ2n) is 4.54. The largest absolute Gasteiger partial charge is 0.398 e. The van der Waals surface area contributed by atoms with Crippen molar-refractivity contribution in [2.75, 3.05) is 12.8 Å². The minimum Gasteiger partial charge on any atom is -0.398 e. The van der Waals surface area contributed by atoms with Crippen LogP contribution in [0.5, 0.6) is 0 Å². The van der Waals surface area contributed by atoms with Crippen LogP contribution in [0.1, 0.15) is 5.56 Å². The van der Waals surface area contributed by atoms with Gasteiger partial charge in [0.2, 0.25) is 10.0 Å². The average molecular weight is 345 g/mol. The molecular weight excluding hydrogens is 331 g/mol. The third kappa shape index (κ3) is 3.49. The van der Waals surface area contributed by atoms with Crippen LogP contribution in [-0.4, -0.2) is 19.8 Å². The molecule has 0 aliphatic carbocycles. The maximum atomic E-state index is 12.5. The van der Waals surface area contributed by atoms with Gasteiger partial charge in [-0.25, -0.2) is 8.42 Å². The maximum Gasteiger partial charge on any atom is 0.243 e. The number of rotatable bonds is 4. The molecule has 7 heteroatoms. The van der Waals surface area contributed by atoms with Gasteiger partial charge in [0.1, 0.15) is 0 Å². The predicted octanol–water partition coefficient (Wildman–Crippen LogP) is 3.40. The highest BCUT2D eigenvalue weighted by Crippen LogP contribution is 2.25. The first-order valence-corrected chi connectivity index (χ1v) is 8.27. The molecule has 0 unspecified atom stereocenters. The van der Waals surface area contributed by atoms with Crippen LogP contribution in [-0.2, 0) is 16.6 Å². The van der Waals surface area contributed by atoms with Crippen molar-refractivity contribution in [2.24, 2.45) is 0 Å². The predicted molar refractivity (Wildman–Crippen MR) is 86.0 cm³/mol. The summed E-state index contributed by atoms with van der Waals surface area (Å²) in [5.41, 5.74) is 6.66. The lowest BCUT2D eigenvalue weighted by Gasteiger charge is -2.18. The van der Waals surface area contributed by atoms with Gasteiger partial charge in [0.25, 0.3) is 0 Å². The molecule has 2 aromatic carbocycles. The number of nitrogen functional groups attached to an aromatic ring is 1. The maximum absolute atomic E-state index is 12.5. The lowest BCUT2D eigenvalue weighted by Crippen LogP contribution is -2.26. The molecule has 21 heavy (non-hydrogen) atoms. The Balaban J connectivity index is 2.30. The van der Waals surface area contributed by atoms with E-state index in [-0.39, 0.29) is 16.5 Å². The zero-order valence-electron chi connectivity index (χ0n) is 11.3. The van der Waals surface area contributed by atoms with Crippen LogP contribution in [0, 0.1) is 0 Å². The van der Waals surface area contributed by atoms with Crippen molar-refractivity contribution in [3.05, 3.63) is 58.1 Å². The lowest BCUT2D eigenvalue weighted by molar-refractivity contribution is 0.467. The molecule has 0 saturated carbocycles. The second-order valence-corrected chi connectivity index (χ2v) is 7.40. The lowest BCUT2D eigenvalue weighted by atomic mass is 10.2. The van der Waals surface area contributed by atoms with Crippen molar-refractivity contribution < 1.29 is 8.42 Å². The first-order chi connectivity index (χ1) is 9.82. The summed E-state index contributed by atoms with van der Waals surface area (Å²) < 4.78 is 26.2. The number of hydrogen-bond acceptors (Lipinski definition) is 3. The van der Waals surface area contributed by atoms with Crippen molar-refractivity contribution in [3.63, 3.8) is 0 Å². The molecule has 0 aromatic heterocycles. The molecule has 0 spiro atoms. The summed E-state index contributed by atoms with van der Waals surface area (Å²) in [7, 11) is -2.17. The fourth-order valence-electron chi connectivity index (χ4n) is 1.80. The number of nitrogens with zero attached hydrogens (tertiary/aromatic N) is 1. The SMILES string of the molecule is CN(Cc1ccccc1Cl)S(=O)(=O)c1ccc(N)c(Cl)c1. The Hall–Kier alpha value is -1.27. The normalized spacial score (nSPS) is 11.8. The monoisotopic (exact) mass is 344 g/mol. The zero-order chi connectivity index (χ0) is 15.6. The second kappa shape index (κ2) is 6.23. The van der Waals surface area contributed by atoms with E-state index in [0.717, 1.165) is 5.56 Å². The number of sulfonamides is 1. The molecule has 0 fully saturated rings. The van der Waals surface area contributed by atoms with Gasteiger partial charge >= 0.3 is 0 Å². The molecule has 0 heterocycles. The molecule has 0 aliphatic rings. The fraction of sp³-hybridized carbons (Fsp3) is 0.143. The van der Waals surface area contributed by atoms with E-state index in [9.17, 15) is 8.42 Å². The third-order valence-electron chi connectivity index (χ3n) is 3.03. The van der Waals surface area contributed by atoms with E-state index < -0.39 is 10.0 Å². The Labute approximate surface area is 134 Å². The molecule has 2 rings (SSSR count). The highest BCUT2D eigenvalue weighted by molar-refractivity contribution is 7.89. The van der Waals surface area contributed by atoms with Crippen LogP contribution < -0.4 is 5.73 Å². The minimum absolute atomic E-state index is 0.0938. The molecule has 2 N–H and O–H groups in total. The molecule has 4 nitrogen and oxygen atoms in total. The van der Waals surface area contributed by atoms with Crippen LogP contribution in [0.15, 0.2) is 47.4 Å². The first kappa shape index (κ1) is 16.1. The smallest absolute Gasteiger partial charge is 0.243 e. The van der Waals surface area contributed by atoms with Crippen LogP contribution >= 0.6 is 23.2 Å². The summed E-state index contributed by atoms with van der Waals surface area (Å²) >= 11 is 11.9. The number of benzene rings is 2. The van der Waals surface area contributed by atoms with Crippen LogP contribution in [0.25, 0.3) is 0 Å². The first-order valence-electron chi connectivity index (χ1n) is 6.07. The number of halogens is 2. The summed E-state index contributed by atoms with van der Waals surface area (Å²) in [4.78, 5) is 0.0938. The summed E-state index contributed by atoms with van der Waals surface area (Å²) in [5, 5.41) is 0.733. The van der Waals surface area contributed by atoms with Gasteiger partial charge in [0.15, 0.2) is 0 Å². The topological polar surface area (TPSA) is 63.4 Å². The van der Waals surface area contributed by atoms with E-state index in [1.807, 2.05) is 6.07 Å². The fourth-order valence-corrected chi connectivity index (χ4v) is 3.42. The number of nitrogens with two attached hydrogens (primary N) is 1. The summed E-state index contributed by atoms with van der Waals surface area (Å²) in [6.45, 7) is 0.171. The van der Waals surface area contributed by atoms with Crippen LogP contribution in [0.4, 0.5) is 5.69 Å². The summed E-state index contributed by atoms with van der Waals surface area (Å²) in [6.07, 6.45) is 0. The Morgan fingerprint density at radius 1 is 1.10 bits per heavy atom. The highest BCUT2D eigenvalue weighted by Gasteiger charge is 2.22. The Bertz CT molecular complexity index is 763. The van der Waals surface area contributed by atoms with E-state index >= 15 is 0 Å².